The van der Waals surface area contributed by atoms with Crippen molar-refractivity contribution in [1.82, 2.24) is 0 Å². The normalized spacial score (nSPS) is 8.21. The van der Waals surface area contributed by atoms with E-state index in [0.717, 1.165) is 0 Å². The summed E-state index contributed by atoms with van der Waals surface area (Å²) in [7, 11) is 0. The molecule has 0 bridgehead atoms. The summed E-state index contributed by atoms with van der Waals surface area (Å²) in [5.74, 6) is 0. The van der Waals surface area contributed by atoms with E-state index >= 15 is 0 Å². The molecule has 0 atom stereocenters. The Bertz CT molecular complexity index is 441. The quantitative estimate of drug-likeness (QED) is 0.544. The first-order valence-electron chi connectivity index (χ1n) is 6.30. The molecule has 0 amide bonds. The maximum atomic E-state index is 2.27. The Morgan fingerprint density at radius 1 is 0.842 bits per heavy atom. The van der Waals surface area contributed by atoms with Crippen LogP contribution in [-0.2, 0) is 6.42 Å². The van der Waals surface area contributed by atoms with Gasteiger partial charge >= 0.3 is 0 Å². The first-order chi connectivity index (χ1) is 7.83. The van der Waals surface area contributed by atoms with Crippen LogP contribution in [0.4, 0.5) is 0 Å². The smallest absolute Gasteiger partial charge is 0.0152 e. The van der Waals surface area contributed by atoms with E-state index in [9.17, 15) is 0 Å². The average molecular weight is 262 g/mol. The molecule has 0 aromatic heterocycles. The largest absolute Gasteiger partial charge is 0.0776 e. The highest BCUT2D eigenvalue weighted by atomic mass is 14.1. The molecule has 0 saturated heterocycles. The summed E-state index contributed by atoms with van der Waals surface area (Å²) in [5, 5.41) is 2.75. The van der Waals surface area contributed by atoms with Crippen LogP contribution in [0.25, 0.3) is 10.8 Å². The molecule has 2 rings (SSSR count). The maximum absolute atomic E-state index is 2.27. The van der Waals surface area contributed by atoms with Gasteiger partial charge in [-0.15, -0.1) is 0 Å². The number of benzene rings is 2. The lowest BCUT2D eigenvalue weighted by Gasteiger charge is -2.07. The Hall–Kier alpha value is -1.30. The summed E-state index contributed by atoms with van der Waals surface area (Å²) in [6.45, 7) is 8.46. The lowest BCUT2D eigenvalue weighted by atomic mass is 9.97. The number of rotatable bonds is 2. The van der Waals surface area contributed by atoms with Crippen molar-refractivity contribution in [3.63, 3.8) is 0 Å². The van der Waals surface area contributed by atoms with Gasteiger partial charge in [0, 0.05) is 0 Å². The lowest BCUT2D eigenvalue weighted by Crippen LogP contribution is -1.89. The van der Waals surface area contributed by atoms with E-state index in [1.54, 1.807) is 0 Å². The van der Waals surface area contributed by atoms with Gasteiger partial charge in [-0.3, -0.25) is 0 Å². The molecule has 0 spiro atoms. The Morgan fingerprint density at radius 3 is 2.00 bits per heavy atom. The molecule has 0 unspecified atom stereocenters. The van der Waals surface area contributed by atoms with E-state index in [4.69, 9.17) is 0 Å². The molecular formula is C19H34. The molecule has 0 heterocycles. The fourth-order valence-electron chi connectivity index (χ4n) is 2.01. The van der Waals surface area contributed by atoms with Crippen molar-refractivity contribution in [3.8, 4) is 0 Å². The van der Waals surface area contributed by atoms with Crippen LogP contribution in [0.15, 0.2) is 36.4 Å². The minimum atomic E-state index is 0. The number of hydrogen-bond acceptors (Lipinski definition) is 0. The van der Waals surface area contributed by atoms with Gasteiger partial charge < -0.3 is 0 Å². The molecule has 2 aromatic rings. The van der Waals surface area contributed by atoms with Gasteiger partial charge in [-0.25, -0.2) is 0 Å². The molecule has 110 valence electrons. The highest BCUT2D eigenvalue weighted by Crippen LogP contribution is 2.22. The molecule has 2 aromatic carbocycles. The lowest BCUT2D eigenvalue weighted by molar-refractivity contribution is 0.915. The third kappa shape index (κ3) is 5.46. The molecule has 0 saturated carbocycles. The maximum Gasteiger partial charge on any atom is -0.0152 e. The molecule has 0 radical (unpaired) electrons. The van der Waals surface area contributed by atoms with Crippen LogP contribution in [0, 0.1) is 6.92 Å². The molecular weight excluding hydrogens is 228 g/mol. The van der Waals surface area contributed by atoms with Gasteiger partial charge in [-0.05, 0) is 35.2 Å². The van der Waals surface area contributed by atoms with Crippen LogP contribution in [0.5, 0.6) is 0 Å². The van der Waals surface area contributed by atoms with E-state index in [1.807, 2.05) is 13.8 Å². The van der Waals surface area contributed by atoms with Crippen molar-refractivity contribution in [2.24, 2.45) is 0 Å². The second-order valence-corrected chi connectivity index (χ2v) is 3.82. The Kier molecular flexibility index (Phi) is 14.2. The molecule has 0 N–H and O–H groups in total. The van der Waals surface area contributed by atoms with Gasteiger partial charge in [0.15, 0.2) is 0 Å². The predicted octanol–water partition coefficient (Wildman–Crippen LogP) is 7.04. The summed E-state index contributed by atoms with van der Waals surface area (Å²) >= 11 is 0. The van der Waals surface area contributed by atoms with Crippen molar-refractivity contribution in [1.29, 1.82) is 0 Å². The van der Waals surface area contributed by atoms with Gasteiger partial charge in [0.1, 0.15) is 0 Å². The summed E-state index contributed by atoms with van der Waals surface area (Å²) in [6.07, 6.45) is 2.41. The standard InChI is InChI=1S/C14H16.C2H6.3CH4/c1-3-6-12-9-10-13-7-4-5-8-14(13)11(12)2;1-2;;;/h4-5,7-10H,3,6H2,1-2H3;1-2H3;3*1H4. The van der Waals surface area contributed by atoms with Crippen LogP contribution in [0.1, 0.15) is 60.6 Å². The van der Waals surface area contributed by atoms with Crippen LogP contribution >= 0.6 is 0 Å². The molecule has 19 heavy (non-hydrogen) atoms. The highest BCUT2D eigenvalue weighted by molar-refractivity contribution is 5.86. The molecule has 0 nitrogen and oxygen atoms in total. The van der Waals surface area contributed by atoms with Crippen LogP contribution < -0.4 is 0 Å². The topological polar surface area (TPSA) is 0 Å². The highest BCUT2D eigenvalue weighted by Gasteiger charge is 2.01. The van der Waals surface area contributed by atoms with E-state index in [-0.39, 0.29) is 22.3 Å². The molecule has 0 aliphatic carbocycles. The minimum absolute atomic E-state index is 0. The third-order valence-corrected chi connectivity index (χ3v) is 2.83. The summed E-state index contributed by atoms with van der Waals surface area (Å²) in [4.78, 5) is 0. The van der Waals surface area contributed by atoms with Crippen molar-refractivity contribution in [2.75, 3.05) is 0 Å². The Morgan fingerprint density at radius 2 is 1.42 bits per heavy atom. The minimum Gasteiger partial charge on any atom is -0.0776 e. The zero-order chi connectivity index (χ0) is 12.0. The van der Waals surface area contributed by atoms with E-state index in [2.05, 4.69) is 50.2 Å². The first kappa shape index (κ1) is 22.8. The van der Waals surface area contributed by atoms with E-state index in [1.165, 1.54) is 34.7 Å². The van der Waals surface area contributed by atoms with Gasteiger partial charge in [0.05, 0.1) is 0 Å². The van der Waals surface area contributed by atoms with Crippen molar-refractivity contribution in [3.05, 3.63) is 47.5 Å². The third-order valence-electron chi connectivity index (χ3n) is 2.83. The molecule has 0 fully saturated rings. The second-order valence-electron chi connectivity index (χ2n) is 3.82. The second kappa shape index (κ2) is 11.8. The zero-order valence-electron chi connectivity index (χ0n) is 10.9. The summed E-state index contributed by atoms with van der Waals surface area (Å²) < 4.78 is 0. The summed E-state index contributed by atoms with van der Waals surface area (Å²) in [6, 6.07) is 13.1. The Labute approximate surface area is 121 Å². The SMILES string of the molecule is C.C.C.CC.CCCc1ccc2ccccc2c1C. The molecule has 0 aliphatic heterocycles. The van der Waals surface area contributed by atoms with Crippen molar-refractivity contribution < 1.29 is 0 Å². The molecule has 0 heteroatoms. The number of hydrogen-bond donors (Lipinski definition) is 0. The number of aryl methyl sites for hydroxylation is 2. The van der Waals surface area contributed by atoms with Crippen LogP contribution in [0.2, 0.25) is 0 Å². The zero-order valence-corrected chi connectivity index (χ0v) is 10.9. The van der Waals surface area contributed by atoms with Gasteiger partial charge in [-0.2, -0.15) is 0 Å². The average Bonchev–Trinajstić information content (AvgIpc) is 2.36. The number of fused-ring (bicyclic) bond motifs is 1. The summed E-state index contributed by atoms with van der Waals surface area (Å²) in [5.41, 5.74) is 2.94. The van der Waals surface area contributed by atoms with Gasteiger partial charge in [0.2, 0.25) is 0 Å². The van der Waals surface area contributed by atoms with Crippen molar-refractivity contribution >= 4 is 10.8 Å². The monoisotopic (exact) mass is 262 g/mol. The van der Waals surface area contributed by atoms with Crippen LogP contribution in [-0.4, -0.2) is 0 Å². The fraction of sp³-hybridized carbons (Fsp3) is 0.474. The predicted molar refractivity (Wildman–Crippen MR) is 94.2 cm³/mol. The first-order valence-corrected chi connectivity index (χ1v) is 6.30. The van der Waals surface area contributed by atoms with Crippen LogP contribution in [0.3, 0.4) is 0 Å². The van der Waals surface area contributed by atoms with E-state index < -0.39 is 0 Å². The van der Waals surface area contributed by atoms with E-state index in [0.29, 0.717) is 0 Å². The van der Waals surface area contributed by atoms with Gasteiger partial charge in [-0.1, -0.05) is 85.9 Å². The fourth-order valence-corrected chi connectivity index (χ4v) is 2.01. The van der Waals surface area contributed by atoms with Crippen molar-refractivity contribution in [2.45, 2.75) is 62.8 Å². The van der Waals surface area contributed by atoms with Gasteiger partial charge in [0.25, 0.3) is 0 Å². The Balaban J connectivity index is -0.000000489. The molecule has 0 aliphatic rings.